The number of ether oxygens (including phenoxy) is 1. The van der Waals surface area contributed by atoms with E-state index < -0.39 is 0 Å². The van der Waals surface area contributed by atoms with E-state index in [9.17, 15) is 9.18 Å². The molecule has 0 atom stereocenters. The number of carbonyl (C=O) groups excluding carboxylic acids is 1. The Bertz CT molecular complexity index is 892. The summed E-state index contributed by atoms with van der Waals surface area (Å²) in [5.74, 6) is 0.752. The molecule has 0 N–H and O–H groups in total. The van der Waals surface area contributed by atoms with Gasteiger partial charge in [0.05, 0.1) is 5.69 Å². The van der Waals surface area contributed by atoms with Crippen molar-refractivity contribution in [1.82, 2.24) is 10.1 Å². The van der Waals surface area contributed by atoms with Gasteiger partial charge in [-0.15, -0.1) is 0 Å². The largest absolute Gasteiger partial charge is 0.482 e. The first-order chi connectivity index (χ1) is 11.7. The molecule has 1 aromatic heterocycles. The smallest absolute Gasteiger partial charge is 0.265 e. The molecule has 3 aromatic rings. The Morgan fingerprint density at radius 2 is 1.92 bits per heavy atom. The summed E-state index contributed by atoms with van der Waals surface area (Å²) in [4.78, 5) is 18.0. The third-order valence-corrected chi connectivity index (χ3v) is 3.67. The van der Waals surface area contributed by atoms with E-state index in [0.29, 0.717) is 28.7 Å². The number of benzene rings is 2. The number of rotatable bonds is 3. The van der Waals surface area contributed by atoms with Crippen LogP contribution in [-0.4, -0.2) is 22.7 Å². The second kappa shape index (κ2) is 5.77. The molecule has 7 heteroatoms. The Kier molecular flexibility index (Phi) is 3.45. The van der Waals surface area contributed by atoms with Crippen LogP contribution in [0.25, 0.3) is 11.4 Å². The van der Waals surface area contributed by atoms with Crippen LogP contribution in [-0.2, 0) is 11.3 Å². The molecule has 0 saturated heterocycles. The van der Waals surface area contributed by atoms with Crippen LogP contribution in [0, 0.1) is 5.82 Å². The lowest BCUT2D eigenvalue weighted by molar-refractivity contribution is -0.121. The summed E-state index contributed by atoms with van der Waals surface area (Å²) >= 11 is 0. The first kappa shape index (κ1) is 14.4. The summed E-state index contributed by atoms with van der Waals surface area (Å²) in [6, 6.07) is 13.0. The number of hydrogen-bond acceptors (Lipinski definition) is 5. The molecule has 4 rings (SSSR count). The van der Waals surface area contributed by atoms with Crippen LogP contribution in [0.5, 0.6) is 5.75 Å². The first-order valence-electron chi connectivity index (χ1n) is 7.31. The van der Waals surface area contributed by atoms with Gasteiger partial charge in [-0.3, -0.25) is 9.69 Å². The number of amides is 1. The number of para-hydroxylation sites is 2. The number of carbonyl (C=O) groups is 1. The molecule has 2 heterocycles. The molecule has 2 aromatic carbocycles. The molecule has 0 unspecified atom stereocenters. The maximum atomic E-state index is 13.0. The highest BCUT2D eigenvalue weighted by Gasteiger charge is 2.27. The van der Waals surface area contributed by atoms with Gasteiger partial charge >= 0.3 is 0 Å². The molecule has 0 radical (unpaired) electrons. The first-order valence-corrected chi connectivity index (χ1v) is 7.31. The fourth-order valence-corrected chi connectivity index (χ4v) is 2.50. The van der Waals surface area contributed by atoms with E-state index in [4.69, 9.17) is 9.26 Å². The Hall–Kier alpha value is -3.22. The molecule has 24 heavy (non-hydrogen) atoms. The number of halogens is 1. The van der Waals surface area contributed by atoms with Gasteiger partial charge in [-0.25, -0.2) is 4.39 Å². The molecule has 0 aliphatic carbocycles. The van der Waals surface area contributed by atoms with Crippen molar-refractivity contribution in [2.45, 2.75) is 6.54 Å². The lowest BCUT2D eigenvalue weighted by atomic mass is 10.2. The summed E-state index contributed by atoms with van der Waals surface area (Å²) < 4.78 is 23.6. The maximum Gasteiger partial charge on any atom is 0.265 e. The van der Waals surface area contributed by atoms with E-state index in [-0.39, 0.29) is 24.9 Å². The molecule has 120 valence electrons. The zero-order valence-corrected chi connectivity index (χ0v) is 12.5. The molecule has 0 fully saturated rings. The van der Waals surface area contributed by atoms with Gasteiger partial charge in [0.25, 0.3) is 5.91 Å². The Balaban J connectivity index is 1.60. The SMILES string of the molecule is O=C1COc2ccccc2N1Cc1nc(-c2ccc(F)cc2)no1. The van der Waals surface area contributed by atoms with Gasteiger partial charge in [0.2, 0.25) is 11.7 Å². The quantitative estimate of drug-likeness (QED) is 0.741. The zero-order chi connectivity index (χ0) is 16.5. The van der Waals surface area contributed by atoms with Crippen molar-refractivity contribution >= 4 is 11.6 Å². The highest BCUT2D eigenvalue weighted by atomic mass is 19.1. The van der Waals surface area contributed by atoms with Crippen LogP contribution in [0.2, 0.25) is 0 Å². The molecule has 1 aliphatic rings. The van der Waals surface area contributed by atoms with Crippen LogP contribution < -0.4 is 9.64 Å². The minimum atomic E-state index is -0.335. The van der Waals surface area contributed by atoms with Crippen molar-refractivity contribution in [3.05, 3.63) is 60.2 Å². The summed E-state index contributed by atoms with van der Waals surface area (Å²) in [7, 11) is 0. The van der Waals surface area contributed by atoms with Gasteiger partial charge in [-0.2, -0.15) is 4.98 Å². The Morgan fingerprint density at radius 1 is 1.12 bits per heavy atom. The normalized spacial score (nSPS) is 13.5. The Morgan fingerprint density at radius 3 is 2.75 bits per heavy atom. The van der Waals surface area contributed by atoms with Crippen LogP contribution >= 0.6 is 0 Å². The van der Waals surface area contributed by atoms with Crippen molar-refractivity contribution in [2.24, 2.45) is 0 Å². The zero-order valence-electron chi connectivity index (χ0n) is 12.5. The minimum absolute atomic E-state index is 0.0318. The number of nitrogens with zero attached hydrogens (tertiary/aromatic N) is 3. The Labute approximate surface area is 136 Å². The standard InChI is InChI=1S/C17H12FN3O3/c18-12-7-5-11(6-8-12)17-19-15(24-20-17)9-21-13-3-1-2-4-14(13)23-10-16(21)22/h1-8H,9-10H2. The fraction of sp³-hybridized carbons (Fsp3) is 0.118. The molecular formula is C17H12FN3O3. The third kappa shape index (κ3) is 2.60. The van der Waals surface area contributed by atoms with Crippen molar-refractivity contribution in [1.29, 1.82) is 0 Å². The molecule has 6 nitrogen and oxygen atoms in total. The predicted molar refractivity (Wildman–Crippen MR) is 82.8 cm³/mol. The van der Waals surface area contributed by atoms with E-state index in [1.54, 1.807) is 29.2 Å². The number of anilines is 1. The lowest BCUT2D eigenvalue weighted by Gasteiger charge is -2.27. The number of aromatic nitrogens is 2. The topological polar surface area (TPSA) is 68.5 Å². The van der Waals surface area contributed by atoms with Gasteiger partial charge in [0, 0.05) is 5.56 Å². The lowest BCUT2D eigenvalue weighted by Crippen LogP contribution is -2.38. The highest BCUT2D eigenvalue weighted by molar-refractivity contribution is 5.97. The van der Waals surface area contributed by atoms with Crippen LogP contribution in [0.15, 0.2) is 53.1 Å². The summed E-state index contributed by atoms with van der Waals surface area (Å²) in [6.07, 6.45) is 0. The number of fused-ring (bicyclic) bond motifs is 1. The predicted octanol–water partition coefficient (Wildman–Crippen LogP) is 2.80. The number of hydrogen-bond donors (Lipinski definition) is 0. The van der Waals surface area contributed by atoms with Crippen LogP contribution in [0.4, 0.5) is 10.1 Å². The van der Waals surface area contributed by atoms with Gasteiger partial charge < -0.3 is 9.26 Å². The van der Waals surface area contributed by atoms with Gasteiger partial charge in [0.15, 0.2) is 6.61 Å². The average Bonchev–Trinajstić information content (AvgIpc) is 3.07. The van der Waals surface area contributed by atoms with E-state index in [2.05, 4.69) is 10.1 Å². The molecule has 1 aliphatic heterocycles. The van der Waals surface area contributed by atoms with E-state index >= 15 is 0 Å². The summed E-state index contributed by atoms with van der Waals surface area (Å²) in [6.45, 7) is 0.114. The summed E-state index contributed by atoms with van der Waals surface area (Å²) in [5, 5.41) is 3.88. The second-order valence-electron chi connectivity index (χ2n) is 5.25. The van der Waals surface area contributed by atoms with Crippen molar-refractivity contribution < 1.29 is 18.4 Å². The average molecular weight is 325 g/mol. The van der Waals surface area contributed by atoms with E-state index in [0.717, 1.165) is 0 Å². The van der Waals surface area contributed by atoms with Crippen molar-refractivity contribution in [3.8, 4) is 17.1 Å². The fourth-order valence-electron chi connectivity index (χ4n) is 2.50. The molecular weight excluding hydrogens is 313 g/mol. The van der Waals surface area contributed by atoms with Crippen molar-refractivity contribution in [2.75, 3.05) is 11.5 Å². The van der Waals surface area contributed by atoms with Gasteiger partial charge in [-0.05, 0) is 36.4 Å². The highest BCUT2D eigenvalue weighted by Crippen LogP contribution is 2.32. The monoisotopic (exact) mass is 325 g/mol. The summed E-state index contributed by atoms with van der Waals surface area (Å²) in [5.41, 5.74) is 1.30. The maximum absolute atomic E-state index is 13.0. The van der Waals surface area contributed by atoms with E-state index in [1.165, 1.54) is 12.1 Å². The second-order valence-corrected chi connectivity index (χ2v) is 5.25. The van der Waals surface area contributed by atoms with Gasteiger partial charge in [-0.1, -0.05) is 17.3 Å². The molecule has 0 saturated carbocycles. The minimum Gasteiger partial charge on any atom is -0.482 e. The van der Waals surface area contributed by atoms with Crippen molar-refractivity contribution in [3.63, 3.8) is 0 Å². The van der Waals surface area contributed by atoms with E-state index in [1.807, 2.05) is 12.1 Å². The molecule has 0 spiro atoms. The van der Waals surface area contributed by atoms with Gasteiger partial charge in [0.1, 0.15) is 18.1 Å². The third-order valence-electron chi connectivity index (χ3n) is 3.67. The molecule has 1 amide bonds. The van der Waals surface area contributed by atoms with Crippen LogP contribution in [0.1, 0.15) is 5.89 Å². The molecule has 0 bridgehead atoms. The van der Waals surface area contributed by atoms with Crippen LogP contribution in [0.3, 0.4) is 0 Å².